The van der Waals surface area contributed by atoms with E-state index in [2.05, 4.69) is 9.97 Å². The van der Waals surface area contributed by atoms with E-state index in [4.69, 9.17) is 0 Å². The molecule has 1 aliphatic heterocycles. The molecule has 0 bridgehead atoms. The second-order valence-corrected chi connectivity index (χ2v) is 6.42. The molecule has 6 nitrogen and oxygen atoms in total. The molecule has 0 spiro atoms. The first-order chi connectivity index (χ1) is 12.0. The highest BCUT2D eigenvalue weighted by Crippen LogP contribution is 2.24. The first-order valence-corrected chi connectivity index (χ1v) is 8.43. The highest BCUT2D eigenvalue weighted by Gasteiger charge is 2.22. The number of carboxylic acid groups (broad SMARTS) is 1. The molecule has 1 aliphatic rings. The third kappa shape index (κ3) is 4.02. The summed E-state index contributed by atoms with van der Waals surface area (Å²) in [5.74, 6) is -0.510. The summed E-state index contributed by atoms with van der Waals surface area (Å²) in [6.07, 6.45) is 6.11. The van der Waals surface area contributed by atoms with Gasteiger partial charge in [-0.2, -0.15) is 0 Å². The zero-order chi connectivity index (χ0) is 17.8. The summed E-state index contributed by atoms with van der Waals surface area (Å²) in [7, 11) is 0. The summed E-state index contributed by atoms with van der Waals surface area (Å²) in [5, 5.41) is 9.35. The average Bonchev–Trinajstić information content (AvgIpc) is 2.62. The van der Waals surface area contributed by atoms with Crippen molar-refractivity contribution in [1.29, 1.82) is 0 Å². The smallest absolute Gasteiger partial charge is 0.336 e. The highest BCUT2D eigenvalue weighted by molar-refractivity contribution is 5.95. The fraction of sp³-hybridized carbons (Fsp3) is 0.368. The van der Waals surface area contributed by atoms with Gasteiger partial charge >= 0.3 is 5.97 Å². The predicted octanol–water partition coefficient (Wildman–Crippen LogP) is 2.64. The van der Waals surface area contributed by atoms with Crippen LogP contribution in [-0.4, -0.2) is 44.9 Å². The van der Waals surface area contributed by atoms with Crippen LogP contribution >= 0.6 is 0 Å². The molecule has 1 amide bonds. The Kier molecular flexibility index (Phi) is 5.07. The Labute approximate surface area is 146 Å². The summed E-state index contributed by atoms with van der Waals surface area (Å²) >= 11 is 0. The number of rotatable bonds is 4. The lowest BCUT2D eigenvalue weighted by atomic mass is 9.93. The van der Waals surface area contributed by atoms with Gasteiger partial charge in [0, 0.05) is 31.8 Å². The molecule has 0 saturated carbocycles. The van der Waals surface area contributed by atoms with Gasteiger partial charge in [0.05, 0.1) is 23.1 Å². The molecule has 1 aromatic heterocycles. The molecule has 1 fully saturated rings. The maximum Gasteiger partial charge on any atom is 0.336 e. The molecule has 2 aromatic rings. The number of carbonyl (C=O) groups excluding carboxylic acids is 1. The summed E-state index contributed by atoms with van der Waals surface area (Å²) in [6, 6.07) is 6.80. The van der Waals surface area contributed by atoms with E-state index < -0.39 is 5.97 Å². The van der Waals surface area contributed by atoms with Crippen LogP contribution in [0, 0.1) is 5.92 Å². The van der Waals surface area contributed by atoms with Gasteiger partial charge in [-0.15, -0.1) is 0 Å². The molecule has 1 atom stereocenters. The lowest BCUT2D eigenvalue weighted by molar-refractivity contribution is -0.130. The summed E-state index contributed by atoms with van der Waals surface area (Å²) in [4.78, 5) is 33.7. The van der Waals surface area contributed by atoms with Gasteiger partial charge in [0.1, 0.15) is 0 Å². The van der Waals surface area contributed by atoms with Gasteiger partial charge in [0.2, 0.25) is 5.91 Å². The van der Waals surface area contributed by atoms with Crippen LogP contribution in [0.15, 0.2) is 36.7 Å². The fourth-order valence-electron chi connectivity index (χ4n) is 3.34. The summed E-state index contributed by atoms with van der Waals surface area (Å²) in [6.45, 7) is 3.17. The van der Waals surface area contributed by atoms with Crippen LogP contribution < -0.4 is 0 Å². The van der Waals surface area contributed by atoms with Crippen molar-refractivity contribution in [1.82, 2.24) is 14.9 Å². The first kappa shape index (κ1) is 17.1. The minimum Gasteiger partial charge on any atom is -0.478 e. The Balaban J connectivity index is 1.81. The molecule has 0 aliphatic carbocycles. The van der Waals surface area contributed by atoms with Crippen LogP contribution in [0.2, 0.25) is 0 Å². The van der Waals surface area contributed by atoms with Crippen LogP contribution in [0.25, 0.3) is 11.3 Å². The second kappa shape index (κ2) is 7.42. The maximum atomic E-state index is 11.6. The molecule has 0 unspecified atom stereocenters. The standard InChI is InChI=1S/C19H21N3O3/c1-13(23)22-8-4-5-14(12-22)9-15-10-20-11-18(21-15)16-6-2-3-7-17(16)19(24)25/h2-3,6-7,10-11,14H,4-5,8-9,12H2,1H3,(H,24,25)/t14-/m0/s1. The third-order valence-corrected chi connectivity index (χ3v) is 4.58. The number of nitrogens with zero attached hydrogens (tertiary/aromatic N) is 3. The molecule has 25 heavy (non-hydrogen) atoms. The van der Waals surface area contributed by atoms with Crippen molar-refractivity contribution >= 4 is 11.9 Å². The maximum absolute atomic E-state index is 11.6. The summed E-state index contributed by atoms with van der Waals surface area (Å²) in [5.41, 5.74) is 2.18. The van der Waals surface area contributed by atoms with Gasteiger partial charge in [-0.05, 0) is 31.2 Å². The van der Waals surface area contributed by atoms with Crippen LogP contribution in [0.4, 0.5) is 0 Å². The van der Waals surface area contributed by atoms with Gasteiger partial charge < -0.3 is 10.0 Å². The van der Waals surface area contributed by atoms with Crippen LogP contribution in [-0.2, 0) is 11.2 Å². The van der Waals surface area contributed by atoms with Gasteiger partial charge in [-0.3, -0.25) is 9.78 Å². The van der Waals surface area contributed by atoms with Crippen LogP contribution in [0.1, 0.15) is 35.8 Å². The van der Waals surface area contributed by atoms with Crippen molar-refractivity contribution in [3.8, 4) is 11.3 Å². The van der Waals surface area contributed by atoms with Crippen LogP contribution in [0.5, 0.6) is 0 Å². The quantitative estimate of drug-likeness (QED) is 0.926. The molecule has 2 heterocycles. The Morgan fingerprint density at radius 1 is 1.28 bits per heavy atom. The molecule has 6 heteroatoms. The van der Waals surface area contributed by atoms with E-state index in [1.807, 2.05) is 4.90 Å². The van der Waals surface area contributed by atoms with Gasteiger partial charge in [-0.25, -0.2) is 9.78 Å². The molecule has 3 rings (SSSR count). The number of hydrogen-bond donors (Lipinski definition) is 1. The van der Waals surface area contributed by atoms with Gasteiger partial charge in [-0.1, -0.05) is 18.2 Å². The van der Waals surface area contributed by atoms with E-state index in [0.717, 1.165) is 38.0 Å². The normalized spacial score (nSPS) is 17.3. The lowest BCUT2D eigenvalue weighted by Gasteiger charge is -2.31. The van der Waals surface area contributed by atoms with E-state index in [1.54, 1.807) is 43.6 Å². The zero-order valence-electron chi connectivity index (χ0n) is 14.2. The number of carbonyl (C=O) groups is 2. The van der Waals surface area contributed by atoms with Crippen molar-refractivity contribution in [2.75, 3.05) is 13.1 Å². The number of carboxylic acids is 1. The number of hydrogen-bond acceptors (Lipinski definition) is 4. The van der Waals surface area contributed by atoms with Crippen LogP contribution in [0.3, 0.4) is 0 Å². The van der Waals surface area contributed by atoms with E-state index in [0.29, 0.717) is 17.2 Å². The molecular formula is C19H21N3O3. The highest BCUT2D eigenvalue weighted by atomic mass is 16.4. The van der Waals surface area contributed by atoms with Crippen molar-refractivity contribution in [2.45, 2.75) is 26.2 Å². The van der Waals surface area contributed by atoms with E-state index in [1.165, 1.54) is 0 Å². The minimum absolute atomic E-state index is 0.111. The SMILES string of the molecule is CC(=O)N1CCC[C@@H](Cc2cncc(-c3ccccc3C(=O)O)n2)C1. The average molecular weight is 339 g/mol. The number of aromatic carboxylic acids is 1. The number of amides is 1. The molecular weight excluding hydrogens is 318 g/mol. The zero-order valence-corrected chi connectivity index (χ0v) is 14.2. The van der Waals surface area contributed by atoms with E-state index >= 15 is 0 Å². The number of benzene rings is 1. The topological polar surface area (TPSA) is 83.4 Å². The van der Waals surface area contributed by atoms with Gasteiger partial charge in [0.15, 0.2) is 0 Å². The lowest BCUT2D eigenvalue weighted by Crippen LogP contribution is -2.39. The Morgan fingerprint density at radius 3 is 2.84 bits per heavy atom. The molecule has 1 N–H and O–H groups in total. The number of piperidine rings is 1. The second-order valence-electron chi connectivity index (χ2n) is 6.42. The van der Waals surface area contributed by atoms with Crippen molar-refractivity contribution in [3.05, 3.63) is 47.9 Å². The Morgan fingerprint density at radius 2 is 2.08 bits per heavy atom. The largest absolute Gasteiger partial charge is 0.478 e. The predicted molar refractivity (Wildman–Crippen MR) is 93.1 cm³/mol. The minimum atomic E-state index is -0.979. The van der Waals surface area contributed by atoms with E-state index in [-0.39, 0.29) is 11.5 Å². The first-order valence-electron chi connectivity index (χ1n) is 8.43. The fourth-order valence-corrected chi connectivity index (χ4v) is 3.34. The van der Waals surface area contributed by atoms with Crippen molar-refractivity contribution < 1.29 is 14.7 Å². The molecule has 130 valence electrons. The third-order valence-electron chi connectivity index (χ3n) is 4.58. The monoisotopic (exact) mass is 339 g/mol. The van der Waals surface area contributed by atoms with Crippen molar-refractivity contribution in [3.63, 3.8) is 0 Å². The van der Waals surface area contributed by atoms with E-state index in [9.17, 15) is 14.7 Å². The van der Waals surface area contributed by atoms with Gasteiger partial charge in [0.25, 0.3) is 0 Å². The number of aromatic nitrogens is 2. The summed E-state index contributed by atoms with van der Waals surface area (Å²) < 4.78 is 0. The molecule has 1 aromatic carbocycles. The number of likely N-dealkylation sites (tertiary alicyclic amines) is 1. The molecule has 0 radical (unpaired) electrons. The Bertz CT molecular complexity index is 791. The Hall–Kier alpha value is -2.76. The van der Waals surface area contributed by atoms with Crippen molar-refractivity contribution in [2.24, 2.45) is 5.92 Å². The molecule has 1 saturated heterocycles.